The average Bonchev–Trinajstić information content (AvgIpc) is 1.63. The van der Waals surface area contributed by atoms with Gasteiger partial charge in [-0.3, -0.25) is 0 Å². The maximum Gasteiger partial charge on any atom is 0.378 e. The molecule has 0 aromatic rings. The fraction of sp³-hybridized carbons (Fsp3) is 0.500. The summed E-state index contributed by atoms with van der Waals surface area (Å²) in [5.41, 5.74) is 0. The Morgan fingerprint density at radius 1 is 1.56 bits per heavy atom. The van der Waals surface area contributed by atoms with Gasteiger partial charge in [-0.2, -0.15) is 0 Å². The van der Waals surface area contributed by atoms with Crippen molar-refractivity contribution in [2.45, 2.75) is 0 Å². The van der Waals surface area contributed by atoms with Gasteiger partial charge in [-0.15, -0.1) is 0 Å². The zero-order chi connectivity index (χ0) is 7.28. The molecule has 0 spiro atoms. The van der Waals surface area contributed by atoms with Crippen LogP contribution in [0.3, 0.4) is 0 Å². The van der Waals surface area contributed by atoms with Crippen LogP contribution in [0.15, 0.2) is 12.2 Å². The predicted octanol–water partition coefficient (Wildman–Crippen LogP) is 0.0613. The summed E-state index contributed by atoms with van der Waals surface area (Å²) >= 11 is 0. The van der Waals surface area contributed by atoms with Crippen LogP contribution in [-0.4, -0.2) is 31.5 Å². The lowest BCUT2D eigenvalue weighted by Crippen LogP contribution is -2.10. The molecular weight excluding hydrogens is 118 g/mol. The van der Waals surface area contributed by atoms with Crippen molar-refractivity contribution in [3.63, 3.8) is 0 Å². The number of carbonyl (C=O) groups is 1. The third-order valence-electron chi connectivity index (χ3n) is 0.724. The molecule has 0 heterocycles. The van der Waals surface area contributed by atoms with Crippen LogP contribution in [0.2, 0.25) is 0 Å². The highest BCUT2D eigenvalue weighted by molar-refractivity contribution is 5.79. The van der Waals surface area contributed by atoms with E-state index in [-0.39, 0.29) is 0 Å². The van der Waals surface area contributed by atoms with Crippen LogP contribution in [0.5, 0.6) is 0 Å². The second-order valence-corrected chi connectivity index (χ2v) is 1.98. The third kappa shape index (κ3) is 7.17. The molecule has 0 aliphatic rings. The Kier molecular flexibility index (Phi) is 3.71. The first-order chi connectivity index (χ1) is 4.13. The van der Waals surface area contributed by atoms with E-state index >= 15 is 0 Å². The first kappa shape index (κ1) is 8.17. The monoisotopic (exact) mass is 128 g/mol. The molecule has 0 aromatic heterocycles. The van der Waals surface area contributed by atoms with Crippen molar-refractivity contribution < 1.29 is 9.90 Å². The normalized spacial score (nSPS) is 11.0. The van der Waals surface area contributed by atoms with Gasteiger partial charge < -0.3 is 4.90 Å². The number of hydrogen-bond acceptors (Lipinski definition) is 2. The summed E-state index contributed by atoms with van der Waals surface area (Å²) in [7, 11) is 3.72. The molecule has 1 radical (unpaired) electrons. The molecule has 3 heteroatoms. The fourth-order valence-electron chi connectivity index (χ4n) is 0.360. The van der Waals surface area contributed by atoms with Crippen LogP contribution in [-0.2, 0) is 9.90 Å². The summed E-state index contributed by atoms with van der Waals surface area (Å²) in [5.74, 6) is -1.14. The van der Waals surface area contributed by atoms with Gasteiger partial charge in [-0.05, 0) is 14.1 Å². The van der Waals surface area contributed by atoms with E-state index in [0.29, 0.717) is 6.54 Å². The van der Waals surface area contributed by atoms with Crippen LogP contribution in [0.4, 0.5) is 0 Å². The molecule has 0 aromatic carbocycles. The Morgan fingerprint density at radius 2 is 2.11 bits per heavy atom. The minimum Gasteiger partial charge on any atom is -0.306 e. The highest BCUT2D eigenvalue weighted by Gasteiger charge is 1.87. The molecule has 0 amide bonds. The Labute approximate surface area is 54.6 Å². The van der Waals surface area contributed by atoms with Crippen molar-refractivity contribution in [3.05, 3.63) is 12.2 Å². The molecule has 0 N–H and O–H groups in total. The third-order valence-corrected chi connectivity index (χ3v) is 0.724. The lowest BCUT2D eigenvalue weighted by atomic mass is 10.5. The van der Waals surface area contributed by atoms with Crippen molar-refractivity contribution in [1.82, 2.24) is 4.90 Å². The lowest BCUT2D eigenvalue weighted by molar-refractivity contribution is -0.137. The van der Waals surface area contributed by atoms with Gasteiger partial charge in [-0.25, -0.2) is 9.90 Å². The van der Waals surface area contributed by atoms with Gasteiger partial charge in [0.1, 0.15) is 0 Å². The summed E-state index contributed by atoms with van der Waals surface area (Å²) in [4.78, 5) is 11.6. The molecule has 0 bridgehead atoms. The standard InChI is InChI=1S/C6H10NO2/c1-7(2)5-3-4-6(8)9/h3-4H,5H2,1-2H3/b4-3+. The molecule has 0 aliphatic heterocycles. The van der Waals surface area contributed by atoms with Gasteiger partial charge in [0.2, 0.25) is 0 Å². The van der Waals surface area contributed by atoms with E-state index in [1.165, 1.54) is 6.08 Å². The van der Waals surface area contributed by atoms with Gasteiger partial charge in [-0.1, -0.05) is 6.08 Å². The van der Waals surface area contributed by atoms with E-state index in [2.05, 4.69) is 0 Å². The molecule has 0 unspecified atom stereocenters. The summed E-state index contributed by atoms with van der Waals surface area (Å²) in [6.07, 6.45) is 2.56. The van der Waals surface area contributed by atoms with E-state index in [1.54, 1.807) is 0 Å². The zero-order valence-corrected chi connectivity index (χ0v) is 5.63. The second-order valence-electron chi connectivity index (χ2n) is 1.98. The Hall–Kier alpha value is -0.830. The molecule has 0 saturated carbocycles. The van der Waals surface area contributed by atoms with Crippen molar-refractivity contribution in [2.75, 3.05) is 20.6 Å². The minimum absolute atomic E-state index is 0.633. The van der Waals surface area contributed by atoms with Gasteiger partial charge in [0.15, 0.2) is 0 Å². The molecule has 9 heavy (non-hydrogen) atoms. The van der Waals surface area contributed by atoms with Crippen LogP contribution < -0.4 is 0 Å². The van der Waals surface area contributed by atoms with Crippen molar-refractivity contribution in [2.24, 2.45) is 0 Å². The number of rotatable bonds is 3. The zero-order valence-electron chi connectivity index (χ0n) is 5.63. The number of likely N-dealkylation sites (N-methyl/N-ethyl adjacent to an activating group) is 1. The highest BCUT2D eigenvalue weighted by atomic mass is 16.4. The summed E-state index contributed by atoms with van der Waals surface area (Å²) in [5, 5.41) is 9.76. The van der Waals surface area contributed by atoms with Gasteiger partial charge in [0.25, 0.3) is 0 Å². The smallest absolute Gasteiger partial charge is 0.306 e. The average molecular weight is 128 g/mol. The lowest BCUT2D eigenvalue weighted by Gasteiger charge is -2.02. The summed E-state index contributed by atoms with van der Waals surface area (Å²) in [6, 6.07) is 0. The van der Waals surface area contributed by atoms with Crippen LogP contribution in [0.25, 0.3) is 0 Å². The summed E-state index contributed by atoms with van der Waals surface area (Å²) < 4.78 is 0. The maximum atomic E-state index is 9.76. The Morgan fingerprint density at radius 3 is 2.44 bits per heavy atom. The molecule has 0 rings (SSSR count). The topological polar surface area (TPSA) is 40.2 Å². The molecule has 0 atom stereocenters. The molecular formula is C6H10NO2. The van der Waals surface area contributed by atoms with Gasteiger partial charge in [0, 0.05) is 12.6 Å². The Bertz CT molecular complexity index is 118. The van der Waals surface area contributed by atoms with Crippen molar-refractivity contribution >= 4 is 5.97 Å². The van der Waals surface area contributed by atoms with Crippen LogP contribution >= 0.6 is 0 Å². The summed E-state index contributed by atoms with van der Waals surface area (Å²) in [6.45, 7) is 0.633. The molecule has 3 nitrogen and oxygen atoms in total. The quantitative estimate of drug-likeness (QED) is 0.504. The van der Waals surface area contributed by atoms with E-state index in [1.807, 2.05) is 19.0 Å². The van der Waals surface area contributed by atoms with Crippen LogP contribution in [0, 0.1) is 0 Å². The van der Waals surface area contributed by atoms with Gasteiger partial charge >= 0.3 is 5.97 Å². The van der Waals surface area contributed by atoms with E-state index in [9.17, 15) is 9.90 Å². The number of hydrogen-bond donors (Lipinski definition) is 0. The molecule has 0 aliphatic carbocycles. The van der Waals surface area contributed by atoms with E-state index in [4.69, 9.17) is 0 Å². The van der Waals surface area contributed by atoms with Crippen molar-refractivity contribution in [1.29, 1.82) is 0 Å². The molecule has 0 saturated heterocycles. The first-order valence-corrected chi connectivity index (χ1v) is 2.65. The Balaban J connectivity index is 3.36. The van der Waals surface area contributed by atoms with Crippen molar-refractivity contribution in [3.8, 4) is 0 Å². The number of carbonyl (C=O) groups excluding carboxylic acids is 1. The number of nitrogens with zero attached hydrogens (tertiary/aromatic N) is 1. The van der Waals surface area contributed by atoms with Gasteiger partial charge in [0.05, 0.1) is 0 Å². The molecule has 51 valence electrons. The predicted molar refractivity (Wildman–Crippen MR) is 33.4 cm³/mol. The van der Waals surface area contributed by atoms with E-state index < -0.39 is 5.97 Å². The van der Waals surface area contributed by atoms with Crippen LogP contribution in [0.1, 0.15) is 0 Å². The largest absolute Gasteiger partial charge is 0.378 e. The second kappa shape index (κ2) is 4.09. The minimum atomic E-state index is -1.14. The first-order valence-electron chi connectivity index (χ1n) is 2.65. The highest BCUT2D eigenvalue weighted by Crippen LogP contribution is 1.76. The fourth-order valence-corrected chi connectivity index (χ4v) is 0.360. The van der Waals surface area contributed by atoms with E-state index in [0.717, 1.165) is 6.08 Å². The molecule has 0 fully saturated rings. The maximum absolute atomic E-state index is 9.76. The SMILES string of the molecule is CN(C)C/C=C/C([O])=O.